The average molecular weight is 864 g/mol. The van der Waals surface area contributed by atoms with Crippen LogP contribution in [0.3, 0.4) is 0 Å². The van der Waals surface area contributed by atoms with E-state index in [-0.39, 0.29) is 0 Å². The van der Waals surface area contributed by atoms with E-state index in [2.05, 4.69) is 240 Å². The number of para-hydroxylation sites is 4. The molecule has 63 heavy (non-hydrogen) atoms. The molecule has 13 rings (SSSR count). The molecule has 4 heterocycles. The predicted octanol–water partition coefficient (Wildman–Crippen LogP) is 11.4. The molecule has 0 unspecified atom stereocenters. The van der Waals surface area contributed by atoms with Crippen LogP contribution in [0.25, 0.3) is 88.9 Å². The maximum absolute atomic E-state index is 5.79. The molecule has 9 aromatic carbocycles. The molecule has 0 fully saturated rings. The molecule has 0 atom stereocenters. The van der Waals surface area contributed by atoms with Gasteiger partial charge in [-0.05, 0) is 18.2 Å². The van der Waals surface area contributed by atoms with Crippen molar-refractivity contribution in [3.63, 3.8) is 0 Å². The molecule has 0 amide bonds. The van der Waals surface area contributed by atoms with Crippen LogP contribution in [-0.2, 0) is 0 Å². The minimum atomic E-state index is -3.71. The zero-order valence-corrected chi connectivity index (χ0v) is 36.3. The summed E-state index contributed by atoms with van der Waals surface area (Å²) in [4.78, 5) is 11.6. The number of hydrogen-bond donors (Lipinski definition) is 0. The van der Waals surface area contributed by atoms with Crippen LogP contribution in [0.15, 0.2) is 231 Å². The van der Waals surface area contributed by atoms with E-state index in [0.29, 0.717) is 5.82 Å². The molecule has 3 aromatic heterocycles. The minimum absolute atomic E-state index is 0.713. The number of benzene rings is 9. The fraction of sp³-hybridized carbons (Fsp3) is 0. The van der Waals surface area contributed by atoms with Gasteiger partial charge in [0.15, 0.2) is 0 Å². The third kappa shape index (κ3) is 5.22. The van der Waals surface area contributed by atoms with Gasteiger partial charge in [0.1, 0.15) is 0 Å². The standard InChI is InChI=1S/C58H38GeN4/c1-5-21-39(22-6-1)56-55-57(45-31-13-17-33-49(45)59(55,40-23-7-2-8-24-40)41-25-9-3-10-26-41)61-58(60-56)46-32-16-20-36-52(46)63-51-35-19-15-30-44(51)48-37-53-47(38-54(48)63)43-29-14-18-34-50(43)62(53)42-27-11-4-12-28-42/h1-38H. The summed E-state index contributed by atoms with van der Waals surface area (Å²) < 4.78 is 10.3. The SMILES string of the molecule is c1ccc(-c2nc(-c3ccccc3-n3c4ccccc4c4cc5c(cc43)c3ccccc3n5-c3ccccc3)nc3[c]2[Ge]([c]2ccccc2)([c]2ccccc2)[c]2ccccc2-3)cc1. The fourth-order valence-corrected chi connectivity index (χ4v) is 21.6. The Labute approximate surface area is 367 Å². The van der Waals surface area contributed by atoms with Crippen molar-refractivity contribution in [3.8, 4) is 45.3 Å². The van der Waals surface area contributed by atoms with Crippen LogP contribution in [0.2, 0.25) is 0 Å². The summed E-state index contributed by atoms with van der Waals surface area (Å²) in [6.45, 7) is 0. The number of fused-ring (bicyclic) bond motifs is 9. The Hall–Kier alpha value is -7.80. The van der Waals surface area contributed by atoms with E-state index in [1.165, 1.54) is 55.7 Å². The van der Waals surface area contributed by atoms with Crippen molar-refractivity contribution >= 4 is 74.5 Å². The van der Waals surface area contributed by atoms with E-state index in [1.54, 1.807) is 0 Å². The fourth-order valence-electron chi connectivity index (χ4n) is 10.6. The van der Waals surface area contributed by atoms with Crippen LogP contribution in [-0.4, -0.2) is 32.4 Å². The molecule has 1 aliphatic rings. The summed E-state index contributed by atoms with van der Waals surface area (Å²) in [5.41, 5.74) is 12.2. The van der Waals surface area contributed by atoms with Crippen molar-refractivity contribution in [2.45, 2.75) is 0 Å². The first-order valence-electron chi connectivity index (χ1n) is 21.6. The van der Waals surface area contributed by atoms with Crippen molar-refractivity contribution in [1.29, 1.82) is 0 Å². The molecular formula is C58H38GeN4. The molecule has 1 aliphatic heterocycles. The van der Waals surface area contributed by atoms with Gasteiger partial charge in [0, 0.05) is 5.69 Å². The molecule has 0 saturated carbocycles. The van der Waals surface area contributed by atoms with Crippen LogP contribution in [0.4, 0.5) is 0 Å². The normalized spacial score (nSPS) is 12.9. The number of nitrogens with zero attached hydrogens (tertiary/aromatic N) is 4. The van der Waals surface area contributed by atoms with Crippen molar-refractivity contribution in [2.24, 2.45) is 0 Å². The molecule has 0 spiro atoms. The third-order valence-electron chi connectivity index (χ3n) is 13.2. The first-order chi connectivity index (χ1) is 31.3. The van der Waals surface area contributed by atoms with Gasteiger partial charge >= 0.3 is 315 Å². The van der Waals surface area contributed by atoms with E-state index in [1.807, 2.05) is 0 Å². The maximum atomic E-state index is 5.79. The summed E-state index contributed by atoms with van der Waals surface area (Å²) in [6.07, 6.45) is 0. The number of rotatable bonds is 6. The zero-order valence-electron chi connectivity index (χ0n) is 34.2. The van der Waals surface area contributed by atoms with Gasteiger partial charge in [-0.15, -0.1) is 0 Å². The number of aromatic nitrogens is 4. The molecule has 12 aromatic rings. The Morgan fingerprint density at radius 3 is 1.48 bits per heavy atom. The predicted molar refractivity (Wildman–Crippen MR) is 264 cm³/mol. The molecule has 0 aliphatic carbocycles. The van der Waals surface area contributed by atoms with Crippen molar-refractivity contribution in [1.82, 2.24) is 19.1 Å². The van der Waals surface area contributed by atoms with E-state index in [9.17, 15) is 0 Å². The van der Waals surface area contributed by atoms with Crippen LogP contribution in [0, 0.1) is 0 Å². The molecule has 294 valence electrons. The van der Waals surface area contributed by atoms with Crippen LogP contribution < -0.4 is 17.6 Å². The van der Waals surface area contributed by atoms with Gasteiger partial charge in [0.05, 0.1) is 0 Å². The quantitative estimate of drug-likeness (QED) is 0.156. The van der Waals surface area contributed by atoms with E-state index in [4.69, 9.17) is 9.97 Å². The Balaban J connectivity index is 1.12. The first-order valence-corrected chi connectivity index (χ1v) is 25.8. The second-order valence-electron chi connectivity index (χ2n) is 16.5. The summed E-state index contributed by atoms with van der Waals surface area (Å²) in [5, 5.41) is 4.84. The summed E-state index contributed by atoms with van der Waals surface area (Å²) in [7, 11) is 0. The monoisotopic (exact) mass is 864 g/mol. The van der Waals surface area contributed by atoms with Gasteiger partial charge in [-0.2, -0.15) is 0 Å². The zero-order chi connectivity index (χ0) is 41.5. The van der Waals surface area contributed by atoms with Gasteiger partial charge in [0.25, 0.3) is 0 Å². The second kappa shape index (κ2) is 14.1. The van der Waals surface area contributed by atoms with Crippen LogP contribution in [0.1, 0.15) is 0 Å². The van der Waals surface area contributed by atoms with Crippen molar-refractivity contribution < 1.29 is 0 Å². The average Bonchev–Trinajstić information content (AvgIpc) is 3.98. The Bertz CT molecular complexity index is 3690. The van der Waals surface area contributed by atoms with E-state index < -0.39 is 13.3 Å². The molecule has 0 N–H and O–H groups in total. The van der Waals surface area contributed by atoms with Crippen molar-refractivity contribution in [2.75, 3.05) is 0 Å². The third-order valence-corrected chi connectivity index (χ3v) is 23.4. The van der Waals surface area contributed by atoms with Gasteiger partial charge in [-0.25, -0.2) is 0 Å². The summed E-state index contributed by atoms with van der Waals surface area (Å²) in [5.74, 6) is 0.713. The Kier molecular flexibility index (Phi) is 8.05. The van der Waals surface area contributed by atoms with Crippen LogP contribution in [0.5, 0.6) is 0 Å². The Morgan fingerprint density at radius 1 is 0.349 bits per heavy atom. The van der Waals surface area contributed by atoms with Gasteiger partial charge in [-0.3, -0.25) is 0 Å². The second-order valence-corrected chi connectivity index (χ2v) is 24.2. The molecular weight excluding hydrogens is 825 g/mol. The van der Waals surface area contributed by atoms with Gasteiger partial charge in [-0.1, -0.05) is 30.3 Å². The Morgan fingerprint density at radius 2 is 0.825 bits per heavy atom. The molecule has 0 radical (unpaired) electrons. The first kappa shape index (κ1) is 35.9. The summed E-state index contributed by atoms with van der Waals surface area (Å²) >= 11 is -3.71. The molecule has 0 saturated heterocycles. The molecule has 4 nitrogen and oxygen atoms in total. The topological polar surface area (TPSA) is 35.6 Å². The van der Waals surface area contributed by atoms with Gasteiger partial charge in [0.2, 0.25) is 0 Å². The van der Waals surface area contributed by atoms with E-state index in [0.717, 1.165) is 44.9 Å². The number of hydrogen-bond acceptors (Lipinski definition) is 2. The molecule has 0 bridgehead atoms. The molecule has 5 heteroatoms. The summed E-state index contributed by atoms with van der Waals surface area (Å²) in [6, 6.07) is 84.0. The van der Waals surface area contributed by atoms with Crippen LogP contribution >= 0.6 is 0 Å². The van der Waals surface area contributed by atoms with Gasteiger partial charge < -0.3 is 0 Å². The van der Waals surface area contributed by atoms with Crippen molar-refractivity contribution in [3.05, 3.63) is 231 Å². The van der Waals surface area contributed by atoms with E-state index >= 15 is 0 Å².